The molecule has 0 aliphatic carbocycles. The SMILES string of the molecule is CCCCC(CC)COc1cc(CCl)cc(C(C)(C)C)n1. The molecule has 1 rings (SSSR count). The van der Waals surface area contributed by atoms with E-state index in [2.05, 4.69) is 45.7 Å². The van der Waals surface area contributed by atoms with Crippen LogP contribution in [-0.2, 0) is 11.3 Å². The number of hydrogen-bond acceptors (Lipinski definition) is 2. The van der Waals surface area contributed by atoms with Crippen LogP contribution in [0.15, 0.2) is 12.1 Å². The van der Waals surface area contributed by atoms with Crippen LogP contribution in [0.2, 0.25) is 0 Å². The number of aromatic nitrogens is 1. The van der Waals surface area contributed by atoms with Gasteiger partial charge in [0.25, 0.3) is 0 Å². The molecule has 0 aliphatic rings. The molecule has 120 valence electrons. The van der Waals surface area contributed by atoms with Gasteiger partial charge in [0.2, 0.25) is 5.88 Å². The van der Waals surface area contributed by atoms with Gasteiger partial charge in [-0.1, -0.05) is 53.9 Å². The van der Waals surface area contributed by atoms with Crippen molar-refractivity contribution in [3.8, 4) is 5.88 Å². The second-order valence-electron chi connectivity index (χ2n) is 6.81. The van der Waals surface area contributed by atoms with Crippen molar-refractivity contribution in [2.24, 2.45) is 5.92 Å². The Morgan fingerprint density at radius 2 is 1.95 bits per heavy atom. The maximum atomic E-state index is 6.00. The highest BCUT2D eigenvalue weighted by atomic mass is 35.5. The van der Waals surface area contributed by atoms with Gasteiger partial charge in [-0.05, 0) is 24.0 Å². The van der Waals surface area contributed by atoms with E-state index in [1.807, 2.05) is 6.07 Å². The first-order valence-electron chi connectivity index (χ1n) is 8.10. The zero-order valence-electron chi connectivity index (χ0n) is 14.2. The minimum Gasteiger partial charge on any atom is -0.477 e. The van der Waals surface area contributed by atoms with Crippen molar-refractivity contribution >= 4 is 11.6 Å². The number of pyridine rings is 1. The molecule has 0 bridgehead atoms. The first kappa shape index (κ1) is 18.3. The van der Waals surface area contributed by atoms with Gasteiger partial charge in [0.1, 0.15) is 0 Å². The molecule has 0 N–H and O–H groups in total. The van der Waals surface area contributed by atoms with Gasteiger partial charge in [0.15, 0.2) is 0 Å². The van der Waals surface area contributed by atoms with Crippen LogP contribution < -0.4 is 4.74 Å². The Hall–Kier alpha value is -0.760. The van der Waals surface area contributed by atoms with E-state index in [1.54, 1.807) is 0 Å². The smallest absolute Gasteiger partial charge is 0.213 e. The Labute approximate surface area is 135 Å². The molecule has 1 atom stereocenters. The molecule has 0 amide bonds. The van der Waals surface area contributed by atoms with Crippen molar-refractivity contribution in [3.63, 3.8) is 0 Å². The normalized spacial score (nSPS) is 13.2. The summed E-state index contributed by atoms with van der Waals surface area (Å²) in [5.41, 5.74) is 2.12. The van der Waals surface area contributed by atoms with Gasteiger partial charge in [0, 0.05) is 17.4 Å². The zero-order valence-corrected chi connectivity index (χ0v) is 15.0. The Morgan fingerprint density at radius 1 is 1.24 bits per heavy atom. The van der Waals surface area contributed by atoms with Crippen molar-refractivity contribution in [3.05, 3.63) is 23.4 Å². The lowest BCUT2D eigenvalue weighted by atomic mass is 9.91. The third kappa shape index (κ3) is 6.25. The Balaban J connectivity index is 2.78. The first-order valence-corrected chi connectivity index (χ1v) is 8.64. The van der Waals surface area contributed by atoms with Crippen LogP contribution in [-0.4, -0.2) is 11.6 Å². The molecule has 0 aromatic carbocycles. The summed E-state index contributed by atoms with van der Waals surface area (Å²) in [6.45, 7) is 11.7. The quantitative estimate of drug-likeness (QED) is 0.573. The Bertz CT molecular complexity index is 426. The Morgan fingerprint density at radius 3 is 2.48 bits per heavy atom. The summed E-state index contributed by atoms with van der Waals surface area (Å²) in [6.07, 6.45) is 4.89. The molecule has 0 aliphatic heterocycles. The number of ether oxygens (including phenoxy) is 1. The van der Waals surface area contributed by atoms with Crippen LogP contribution in [0, 0.1) is 5.92 Å². The second-order valence-corrected chi connectivity index (χ2v) is 7.08. The van der Waals surface area contributed by atoms with E-state index in [-0.39, 0.29) is 5.41 Å². The molecule has 0 radical (unpaired) electrons. The van der Waals surface area contributed by atoms with Crippen LogP contribution >= 0.6 is 11.6 Å². The predicted octanol–water partition coefficient (Wildman–Crippen LogP) is 5.71. The van der Waals surface area contributed by atoms with E-state index >= 15 is 0 Å². The van der Waals surface area contributed by atoms with E-state index in [0.29, 0.717) is 17.7 Å². The maximum Gasteiger partial charge on any atom is 0.213 e. The third-order valence-corrected chi connectivity index (χ3v) is 4.10. The molecule has 0 spiro atoms. The zero-order chi connectivity index (χ0) is 15.9. The first-order chi connectivity index (χ1) is 9.90. The monoisotopic (exact) mass is 311 g/mol. The third-order valence-electron chi connectivity index (χ3n) is 3.79. The number of hydrogen-bond donors (Lipinski definition) is 0. The van der Waals surface area contributed by atoms with Gasteiger partial charge < -0.3 is 4.74 Å². The van der Waals surface area contributed by atoms with E-state index in [0.717, 1.165) is 24.3 Å². The molecule has 1 aromatic rings. The fourth-order valence-corrected chi connectivity index (χ4v) is 2.35. The second kappa shape index (κ2) is 8.63. The topological polar surface area (TPSA) is 22.1 Å². The lowest BCUT2D eigenvalue weighted by Gasteiger charge is -2.21. The molecule has 1 unspecified atom stereocenters. The lowest BCUT2D eigenvalue weighted by molar-refractivity contribution is 0.224. The fourth-order valence-electron chi connectivity index (χ4n) is 2.20. The minimum absolute atomic E-state index is 0.00650. The van der Waals surface area contributed by atoms with Crippen LogP contribution in [0.25, 0.3) is 0 Å². The van der Waals surface area contributed by atoms with Crippen molar-refractivity contribution in [1.29, 1.82) is 0 Å². The molecule has 21 heavy (non-hydrogen) atoms. The molecule has 0 saturated carbocycles. The van der Waals surface area contributed by atoms with Crippen LogP contribution in [0.3, 0.4) is 0 Å². The molecular formula is C18H30ClNO. The van der Waals surface area contributed by atoms with E-state index < -0.39 is 0 Å². The highest BCUT2D eigenvalue weighted by Crippen LogP contribution is 2.25. The van der Waals surface area contributed by atoms with E-state index in [4.69, 9.17) is 16.3 Å². The highest BCUT2D eigenvalue weighted by molar-refractivity contribution is 6.17. The largest absolute Gasteiger partial charge is 0.477 e. The van der Waals surface area contributed by atoms with E-state index in [9.17, 15) is 0 Å². The summed E-state index contributed by atoms with van der Waals surface area (Å²) < 4.78 is 5.96. The molecule has 0 fully saturated rings. The fraction of sp³-hybridized carbons (Fsp3) is 0.722. The average Bonchev–Trinajstić information content (AvgIpc) is 2.46. The number of unbranched alkanes of at least 4 members (excludes halogenated alkanes) is 1. The molecule has 1 aromatic heterocycles. The summed E-state index contributed by atoms with van der Waals surface area (Å²) in [4.78, 5) is 4.66. The van der Waals surface area contributed by atoms with Crippen LogP contribution in [0.1, 0.15) is 71.6 Å². The van der Waals surface area contributed by atoms with Gasteiger partial charge in [-0.2, -0.15) is 0 Å². The molecule has 3 heteroatoms. The van der Waals surface area contributed by atoms with Gasteiger partial charge in [-0.15, -0.1) is 11.6 Å². The maximum absolute atomic E-state index is 6.00. The summed E-state index contributed by atoms with van der Waals surface area (Å²) in [5, 5.41) is 0. The number of nitrogens with zero attached hydrogens (tertiary/aromatic N) is 1. The van der Waals surface area contributed by atoms with E-state index in [1.165, 1.54) is 19.3 Å². The van der Waals surface area contributed by atoms with Crippen molar-refractivity contribution in [2.45, 2.75) is 71.6 Å². The van der Waals surface area contributed by atoms with Crippen LogP contribution in [0.4, 0.5) is 0 Å². The summed E-state index contributed by atoms with van der Waals surface area (Å²) in [6, 6.07) is 4.04. The van der Waals surface area contributed by atoms with Gasteiger partial charge in [-0.3, -0.25) is 0 Å². The van der Waals surface area contributed by atoms with Gasteiger partial charge in [-0.25, -0.2) is 4.98 Å². The number of halogens is 1. The lowest BCUT2D eigenvalue weighted by Crippen LogP contribution is -2.16. The van der Waals surface area contributed by atoms with Crippen LogP contribution in [0.5, 0.6) is 5.88 Å². The minimum atomic E-state index is 0.00650. The van der Waals surface area contributed by atoms with Gasteiger partial charge >= 0.3 is 0 Å². The standard InChI is InChI=1S/C18H30ClNO/c1-6-8-9-14(7-2)13-21-17-11-15(12-19)10-16(20-17)18(3,4)5/h10-11,14H,6-9,12-13H2,1-5H3. The highest BCUT2D eigenvalue weighted by Gasteiger charge is 2.18. The van der Waals surface area contributed by atoms with Crippen molar-refractivity contribution < 1.29 is 4.74 Å². The van der Waals surface area contributed by atoms with Crippen molar-refractivity contribution in [2.75, 3.05) is 6.61 Å². The Kier molecular flexibility index (Phi) is 7.51. The average molecular weight is 312 g/mol. The number of alkyl halides is 1. The molecule has 2 nitrogen and oxygen atoms in total. The summed E-state index contributed by atoms with van der Waals surface area (Å²) >= 11 is 6.00. The summed E-state index contributed by atoms with van der Waals surface area (Å²) in [7, 11) is 0. The predicted molar refractivity (Wildman–Crippen MR) is 91.3 cm³/mol. The molecular weight excluding hydrogens is 282 g/mol. The molecule has 0 saturated heterocycles. The summed E-state index contributed by atoms with van der Waals surface area (Å²) in [5.74, 6) is 1.83. The van der Waals surface area contributed by atoms with Crippen molar-refractivity contribution in [1.82, 2.24) is 4.98 Å². The molecule has 1 heterocycles. The number of rotatable bonds is 8. The van der Waals surface area contributed by atoms with Gasteiger partial charge in [0.05, 0.1) is 12.3 Å².